The molecule has 1 aliphatic carbocycles. The average molecular weight is 371 g/mol. The van der Waals surface area contributed by atoms with Crippen LogP contribution in [0.3, 0.4) is 0 Å². The number of aromatic nitrogens is 2. The lowest BCUT2D eigenvalue weighted by Gasteiger charge is -2.10. The fourth-order valence-electron chi connectivity index (χ4n) is 2.90. The van der Waals surface area contributed by atoms with Gasteiger partial charge in [-0.2, -0.15) is 0 Å². The minimum atomic E-state index is -0.0884. The minimum Gasteiger partial charge on any atom is -0.467 e. The van der Waals surface area contributed by atoms with Gasteiger partial charge >= 0.3 is 0 Å². The molecule has 0 amide bonds. The van der Waals surface area contributed by atoms with Gasteiger partial charge in [0.05, 0.1) is 18.1 Å². The first-order valence-electron chi connectivity index (χ1n) is 8.18. The van der Waals surface area contributed by atoms with Crippen LogP contribution in [0.15, 0.2) is 51.4 Å². The molecule has 1 unspecified atom stereocenters. The quantitative estimate of drug-likeness (QED) is 0.670. The SMILES string of the molecule is O=C1c2ccccc2CCCC1Sc1nnc(NCc2ccco2)s1. The largest absolute Gasteiger partial charge is 0.467 e. The van der Waals surface area contributed by atoms with Crippen molar-refractivity contribution in [1.82, 2.24) is 10.2 Å². The maximum atomic E-state index is 12.8. The maximum Gasteiger partial charge on any atom is 0.206 e. The number of nitrogens with zero attached hydrogens (tertiary/aromatic N) is 2. The van der Waals surface area contributed by atoms with E-state index in [4.69, 9.17) is 4.42 Å². The highest BCUT2D eigenvalue weighted by atomic mass is 32.2. The van der Waals surface area contributed by atoms with Crippen molar-refractivity contribution >= 4 is 34.0 Å². The monoisotopic (exact) mass is 371 g/mol. The molecule has 3 aromatic rings. The third-order valence-corrected chi connectivity index (χ3v) is 6.36. The number of benzene rings is 1. The van der Waals surface area contributed by atoms with Gasteiger partial charge in [0, 0.05) is 5.56 Å². The summed E-state index contributed by atoms with van der Waals surface area (Å²) < 4.78 is 6.11. The minimum absolute atomic E-state index is 0.0884. The van der Waals surface area contributed by atoms with E-state index >= 15 is 0 Å². The van der Waals surface area contributed by atoms with Gasteiger partial charge in [0.1, 0.15) is 5.76 Å². The van der Waals surface area contributed by atoms with E-state index in [0.29, 0.717) is 6.54 Å². The Bertz CT molecular complexity index is 861. The van der Waals surface area contributed by atoms with Gasteiger partial charge in [-0.3, -0.25) is 4.79 Å². The molecular weight excluding hydrogens is 354 g/mol. The Morgan fingerprint density at radius 2 is 2.16 bits per heavy atom. The van der Waals surface area contributed by atoms with Gasteiger partial charge in [-0.1, -0.05) is 47.4 Å². The number of ketones is 1. The summed E-state index contributed by atoms with van der Waals surface area (Å²) in [7, 11) is 0. The van der Waals surface area contributed by atoms with Gasteiger partial charge < -0.3 is 9.73 Å². The van der Waals surface area contributed by atoms with E-state index in [0.717, 1.165) is 45.6 Å². The zero-order valence-corrected chi connectivity index (χ0v) is 15.1. The van der Waals surface area contributed by atoms with Crippen molar-refractivity contribution in [2.75, 3.05) is 5.32 Å². The van der Waals surface area contributed by atoms with Crippen molar-refractivity contribution in [3.8, 4) is 0 Å². The van der Waals surface area contributed by atoms with Crippen LogP contribution in [0.1, 0.15) is 34.5 Å². The first-order chi connectivity index (χ1) is 12.3. The normalized spacial score (nSPS) is 17.1. The summed E-state index contributed by atoms with van der Waals surface area (Å²) in [5.41, 5.74) is 2.02. The van der Waals surface area contributed by atoms with Crippen LogP contribution >= 0.6 is 23.1 Å². The Balaban J connectivity index is 1.43. The summed E-state index contributed by atoms with van der Waals surface area (Å²) in [6, 6.07) is 11.7. The van der Waals surface area contributed by atoms with Gasteiger partial charge in [-0.25, -0.2) is 0 Å². The summed E-state index contributed by atoms with van der Waals surface area (Å²) in [6.45, 7) is 0.571. The molecule has 5 nitrogen and oxygen atoms in total. The van der Waals surface area contributed by atoms with Gasteiger partial charge in [-0.15, -0.1) is 10.2 Å². The number of aryl methyl sites for hydroxylation is 1. The Morgan fingerprint density at radius 1 is 1.24 bits per heavy atom. The third kappa shape index (κ3) is 3.77. The Labute approximate surface area is 153 Å². The number of furan rings is 1. The van der Waals surface area contributed by atoms with Crippen molar-refractivity contribution in [1.29, 1.82) is 0 Å². The van der Waals surface area contributed by atoms with Crippen molar-refractivity contribution < 1.29 is 9.21 Å². The van der Waals surface area contributed by atoms with Crippen molar-refractivity contribution in [3.63, 3.8) is 0 Å². The number of hydrogen-bond donors (Lipinski definition) is 1. The van der Waals surface area contributed by atoms with E-state index in [1.54, 1.807) is 6.26 Å². The van der Waals surface area contributed by atoms with Crippen LogP contribution < -0.4 is 5.32 Å². The van der Waals surface area contributed by atoms with E-state index in [1.807, 2.05) is 30.3 Å². The molecule has 2 heterocycles. The molecule has 0 fully saturated rings. The molecule has 1 aliphatic rings. The number of anilines is 1. The van der Waals surface area contributed by atoms with Crippen LogP contribution in [0.2, 0.25) is 0 Å². The van der Waals surface area contributed by atoms with E-state index in [1.165, 1.54) is 23.1 Å². The summed E-state index contributed by atoms with van der Waals surface area (Å²) >= 11 is 3.00. The number of carbonyl (C=O) groups is 1. The lowest BCUT2D eigenvalue weighted by molar-refractivity contribution is 0.0988. The van der Waals surface area contributed by atoms with Crippen LogP contribution in [0.4, 0.5) is 5.13 Å². The average Bonchev–Trinajstić information content (AvgIpc) is 3.28. The van der Waals surface area contributed by atoms with Crippen LogP contribution in [0.25, 0.3) is 0 Å². The highest BCUT2D eigenvalue weighted by molar-refractivity contribution is 8.02. The predicted octanol–water partition coefficient (Wildman–Crippen LogP) is 4.42. The number of nitrogens with one attached hydrogen (secondary N) is 1. The molecule has 0 aliphatic heterocycles. The van der Waals surface area contributed by atoms with Gasteiger partial charge in [0.2, 0.25) is 5.13 Å². The molecule has 7 heteroatoms. The lowest BCUT2D eigenvalue weighted by atomic mass is 10.0. The van der Waals surface area contributed by atoms with E-state index < -0.39 is 0 Å². The number of thioether (sulfide) groups is 1. The number of carbonyl (C=O) groups excluding carboxylic acids is 1. The molecule has 0 saturated heterocycles. The summed E-state index contributed by atoms with van der Waals surface area (Å²) in [6.07, 6.45) is 4.49. The Morgan fingerprint density at radius 3 is 3.04 bits per heavy atom. The van der Waals surface area contributed by atoms with Gasteiger partial charge in [0.15, 0.2) is 10.1 Å². The molecule has 0 spiro atoms. The number of fused-ring (bicyclic) bond motifs is 1. The summed E-state index contributed by atoms with van der Waals surface area (Å²) in [5, 5.41) is 12.2. The predicted molar refractivity (Wildman–Crippen MR) is 99.3 cm³/mol. The molecule has 0 bridgehead atoms. The molecule has 1 N–H and O–H groups in total. The smallest absolute Gasteiger partial charge is 0.206 e. The first-order valence-corrected chi connectivity index (χ1v) is 9.88. The van der Waals surface area contributed by atoms with Crippen molar-refractivity contribution in [2.45, 2.75) is 35.4 Å². The second kappa shape index (κ2) is 7.41. The second-order valence-electron chi connectivity index (χ2n) is 5.83. The zero-order valence-electron chi connectivity index (χ0n) is 13.5. The molecule has 0 radical (unpaired) electrons. The molecule has 0 saturated carbocycles. The topological polar surface area (TPSA) is 68.0 Å². The van der Waals surface area contributed by atoms with Crippen LogP contribution in [-0.2, 0) is 13.0 Å². The molecular formula is C18H17N3O2S2. The molecule has 25 heavy (non-hydrogen) atoms. The van der Waals surface area contributed by atoms with Crippen LogP contribution in [-0.4, -0.2) is 21.2 Å². The maximum absolute atomic E-state index is 12.8. The Kier molecular flexibility index (Phi) is 4.85. The molecule has 2 aromatic heterocycles. The Hall–Kier alpha value is -2.12. The van der Waals surface area contributed by atoms with Gasteiger partial charge in [0.25, 0.3) is 0 Å². The molecule has 1 atom stereocenters. The van der Waals surface area contributed by atoms with Crippen LogP contribution in [0.5, 0.6) is 0 Å². The van der Waals surface area contributed by atoms with E-state index in [2.05, 4.69) is 21.6 Å². The molecule has 128 valence electrons. The number of Topliss-reactive ketones (excluding diaryl/α,β-unsaturated/α-hetero) is 1. The number of rotatable bonds is 5. The first kappa shape index (κ1) is 16.4. The van der Waals surface area contributed by atoms with E-state index in [9.17, 15) is 4.79 Å². The van der Waals surface area contributed by atoms with Crippen LogP contribution in [0, 0.1) is 0 Å². The highest BCUT2D eigenvalue weighted by Gasteiger charge is 2.27. The van der Waals surface area contributed by atoms with E-state index in [-0.39, 0.29) is 11.0 Å². The fourth-order valence-corrected chi connectivity index (χ4v) is 5.00. The zero-order chi connectivity index (χ0) is 17.1. The number of hydrogen-bond acceptors (Lipinski definition) is 7. The molecule has 4 rings (SSSR count). The second-order valence-corrected chi connectivity index (χ2v) is 8.25. The lowest BCUT2D eigenvalue weighted by Crippen LogP contribution is -2.16. The van der Waals surface area contributed by atoms with Crippen molar-refractivity contribution in [2.24, 2.45) is 0 Å². The summed E-state index contributed by atoms with van der Waals surface area (Å²) in [4.78, 5) is 12.8. The highest BCUT2D eigenvalue weighted by Crippen LogP contribution is 2.35. The van der Waals surface area contributed by atoms with Gasteiger partial charge in [-0.05, 0) is 37.0 Å². The third-order valence-electron chi connectivity index (χ3n) is 4.13. The summed E-state index contributed by atoms with van der Waals surface area (Å²) in [5.74, 6) is 1.05. The standard InChI is InChI=1S/C18H17N3O2S2/c22-16-14-8-2-1-5-12(14)6-3-9-15(16)24-18-21-20-17(25-18)19-11-13-7-4-10-23-13/h1-2,4-5,7-8,10,15H,3,6,9,11H2,(H,19,20). The molecule has 1 aromatic carbocycles. The fraction of sp³-hybridized carbons (Fsp3) is 0.278. The van der Waals surface area contributed by atoms with Crippen molar-refractivity contribution in [3.05, 3.63) is 59.5 Å².